The summed E-state index contributed by atoms with van der Waals surface area (Å²) in [5, 5.41) is 2.78. The standard InChI is InChI=1S/C24H24N2O4/c1-17-4-13-23(29-3)22(14-17)25-15-18-5-9-21(10-6-18)30-16-24(27)26-19-7-11-20(28-2)12-8-19/h4-15H,16H2,1-3H3,(H,26,27). The van der Waals surface area contributed by atoms with Gasteiger partial charge < -0.3 is 19.5 Å². The topological polar surface area (TPSA) is 69.2 Å². The number of methoxy groups -OCH3 is 2. The van der Waals surface area contributed by atoms with Crippen LogP contribution in [0.1, 0.15) is 11.1 Å². The summed E-state index contributed by atoms with van der Waals surface area (Å²) in [7, 11) is 3.22. The van der Waals surface area contributed by atoms with Crippen molar-refractivity contribution < 1.29 is 19.0 Å². The third kappa shape index (κ3) is 5.85. The minimum atomic E-state index is -0.239. The molecule has 0 saturated heterocycles. The Morgan fingerprint density at radius 3 is 2.30 bits per heavy atom. The molecule has 0 saturated carbocycles. The highest BCUT2D eigenvalue weighted by Gasteiger charge is 2.05. The van der Waals surface area contributed by atoms with Gasteiger partial charge in [0, 0.05) is 11.9 Å². The Balaban J connectivity index is 1.54. The van der Waals surface area contributed by atoms with Crippen LogP contribution in [0.3, 0.4) is 0 Å². The van der Waals surface area contributed by atoms with Crippen molar-refractivity contribution in [2.75, 3.05) is 26.1 Å². The summed E-state index contributed by atoms with van der Waals surface area (Å²) in [4.78, 5) is 16.6. The predicted molar refractivity (Wildman–Crippen MR) is 119 cm³/mol. The lowest BCUT2D eigenvalue weighted by Gasteiger charge is -2.08. The smallest absolute Gasteiger partial charge is 0.262 e. The van der Waals surface area contributed by atoms with Crippen LogP contribution in [0.2, 0.25) is 0 Å². The molecule has 0 aliphatic heterocycles. The van der Waals surface area contributed by atoms with E-state index in [-0.39, 0.29) is 12.5 Å². The maximum atomic E-state index is 12.1. The van der Waals surface area contributed by atoms with E-state index in [1.165, 1.54) is 0 Å². The SMILES string of the molecule is COc1ccc(NC(=O)COc2ccc(C=Nc3cc(C)ccc3OC)cc2)cc1. The Kier molecular flexibility index (Phi) is 7.05. The Bertz CT molecular complexity index is 1010. The van der Waals surface area contributed by atoms with Gasteiger partial charge in [-0.25, -0.2) is 0 Å². The molecule has 0 fully saturated rings. The second-order valence-corrected chi connectivity index (χ2v) is 6.57. The van der Waals surface area contributed by atoms with Gasteiger partial charge >= 0.3 is 0 Å². The van der Waals surface area contributed by atoms with Gasteiger partial charge in [0.25, 0.3) is 5.91 Å². The molecule has 0 aliphatic carbocycles. The molecular formula is C24H24N2O4. The highest BCUT2D eigenvalue weighted by atomic mass is 16.5. The zero-order valence-corrected chi connectivity index (χ0v) is 17.2. The Hall–Kier alpha value is -3.80. The van der Waals surface area contributed by atoms with Crippen molar-refractivity contribution in [3.05, 3.63) is 77.9 Å². The number of ether oxygens (including phenoxy) is 3. The van der Waals surface area contributed by atoms with Crippen LogP contribution in [-0.4, -0.2) is 32.9 Å². The monoisotopic (exact) mass is 404 g/mol. The van der Waals surface area contributed by atoms with E-state index in [0.29, 0.717) is 11.4 Å². The lowest BCUT2D eigenvalue weighted by atomic mass is 10.2. The average Bonchev–Trinajstić information content (AvgIpc) is 2.77. The van der Waals surface area contributed by atoms with Gasteiger partial charge in [0.05, 0.1) is 14.2 Å². The molecule has 0 radical (unpaired) electrons. The lowest BCUT2D eigenvalue weighted by Crippen LogP contribution is -2.20. The average molecular weight is 404 g/mol. The van der Waals surface area contributed by atoms with Crippen LogP contribution in [-0.2, 0) is 4.79 Å². The van der Waals surface area contributed by atoms with Gasteiger partial charge in [-0.2, -0.15) is 0 Å². The first-order valence-corrected chi connectivity index (χ1v) is 9.43. The van der Waals surface area contributed by atoms with Crippen molar-refractivity contribution >= 4 is 23.5 Å². The van der Waals surface area contributed by atoms with E-state index in [1.54, 1.807) is 56.8 Å². The number of carbonyl (C=O) groups excluding carboxylic acids is 1. The van der Waals surface area contributed by atoms with E-state index in [9.17, 15) is 4.79 Å². The first kappa shape index (κ1) is 20.9. The zero-order valence-electron chi connectivity index (χ0n) is 17.2. The molecule has 0 unspecified atom stereocenters. The third-order valence-electron chi connectivity index (χ3n) is 4.31. The molecule has 3 aromatic rings. The molecule has 0 atom stereocenters. The number of aryl methyl sites for hydroxylation is 1. The molecule has 6 heteroatoms. The lowest BCUT2D eigenvalue weighted by molar-refractivity contribution is -0.118. The fourth-order valence-electron chi connectivity index (χ4n) is 2.72. The minimum absolute atomic E-state index is 0.0834. The van der Waals surface area contributed by atoms with E-state index in [4.69, 9.17) is 14.2 Å². The molecule has 0 bridgehead atoms. The molecule has 0 heterocycles. The molecule has 1 amide bonds. The summed E-state index contributed by atoms with van der Waals surface area (Å²) in [5.41, 5.74) is 3.48. The van der Waals surface area contributed by atoms with Crippen molar-refractivity contribution in [1.82, 2.24) is 0 Å². The van der Waals surface area contributed by atoms with Gasteiger partial charge in [0.1, 0.15) is 22.9 Å². The summed E-state index contributed by atoms with van der Waals surface area (Å²) >= 11 is 0. The number of anilines is 1. The molecule has 3 rings (SSSR count). The molecular weight excluding hydrogens is 380 g/mol. The maximum absolute atomic E-state index is 12.1. The van der Waals surface area contributed by atoms with Crippen LogP contribution < -0.4 is 19.5 Å². The number of nitrogens with zero attached hydrogens (tertiary/aromatic N) is 1. The fraction of sp³-hybridized carbons (Fsp3) is 0.167. The van der Waals surface area contributed by atoms with E-state index in [1.807, 2.05) is 37.3 Å². The number of carbonyl (C=O) groups is 1. The molecule has 3 aromatic carbocycles. The first-order chi connectivity index (χ1) is 14.6. The maximum Gasteiger partial charge on any atom is 0.262 e. The Labute approximate surface area is 176 Å². The van der Waals surface area contributed by atoms with Crippen molar-refractivity contribution in [3.8, 4) is 17.2 Å². The van der Waals surface area contributed by atoms with Gasteiger partial charge in [0.2, 0.25) is 0 Å². The third-order valence-corrected chi connectivity index (χ3v) is 4.31. The fourth-order valence-corrected chi connectivity index (χ4v) is 2.72. The zero-order chi connectivity index (χ0) is 21.3. The van der Waals surface area contributed by atoms with E-state index < -0.39 is 0 Å². The van der Waals surface area contributed by atoms with Crippen molar-refractivity contribution in [2.24, 2.45) is 4.99 Å². The van der Waals surface area contributed by atoms with Crippen molar-refractivity contribution in [1.29, 1.82) is 0 Å². The second-order valence-electron chi connectivity index (χ2n) is 6.57. The number of aliphatic imine (C=N–C) groups is 1. The van der Waals surface area contributed by atoms with Crippen LogP contribution in [0, 0.1) is 6.92 Å². The van der Waals surface area contributed by atoms with Crippen LogP contribution in [0.5, 0.6) is 17.2 Å². The van der Waals surface area contributed by atoms with Crippen LogP contribution in [0.15, 0.2) is 71.7 Å². The molecule has 154 valence electrons. The summed E-state index contributed by atoms with van der Waals surface area (Å²) in [5.74, 6) is 1.82. The normalized spacial score (nSPS) is 10.6. The van der Waals surface area contributed by atoms with Gasteiger partial charge in [-0.15, -0.1) is 0 Å². The second kappa shape index (κ2) is 10.1. The molecule has 1 N–H and O–H groups in total. The van der Waals surface area contributed by atoms with Gasteiger partial charge in [0.15, 0.2) is 6.61 Å². The minimum Gasteiger partial charge on any atom is -0.497 e. The quantitative estimate of drug-likeness (QED) is 0.549. The Morgan fingerprint density at radius 1 is 0.933 bits per heavy atom. The molecule has 0 aromatic heterocycles. The molecule has 30 heavy (non-hydrogen) atoms. The summed E-state index contributed by atoms with van der Waals surface area (Å²) < 4.78 is 16.0. The number of benzene rings is 3. The van der Waals surface area contributed by atoms with Gasteiger partial charge in [-0.1, -0.05) is 6.07 Å². The molecule has 6 nitrogen and oxygen atoms in total. The highest BCUT2D eigenvalue weighted by molar-refractivity contribution is 5.92. The van der Waals surface area contributed by atoms with Crippen LogP contribution in [0.25, 0.3) is 0 Å². The number of rotatable bonds is 8. The summed E-state index contributed by atoms with van der Waals surface area (Å²) in [6, 6.07) is 20.3. The van der Waals surface area contributed by atoms with E-state index >= 15 is 0 Å². The number of amides is 1. The highest BCUT2D eigenvalue weighted by Crippen LogP contribution is 2.28. The van der Waals surface area contributed by atoms with Gasteiger partial charge in [-0.3, -0.25) is 9.79 Å². The Morgan fingerprint density at radius 2 is 1.63 bits per heavy atom. The van der Waals surface area contributed by atoms with Crippen LogP contribution in [0.4, 0.5) is 11.4 Å². The van der Waals surface area contributed by atoms with E-state index in [2.05, 4.69) is 10.3 Å². The first-order valence-electron chi connectivity index (χ1n) is 9.43. The summed E-state index contributed by atoms with van der Waals surface area (Å²) in [6.45, 7) is 1.93. The van der Waals surface area contributed by atoms with Crippen molar-refractivity contribution in [3.63, 3.8) is 0 Å². The predicted octanol–water partition coefficient (Wildman–Crippen LogP) is 4.78. The van der Waals surface area contributed by atoms with Crippen LogP contribution >= 0.6 is 0 Å². The van der Waals surface area contributed by atoms with Crippen molar-refractivity contribution in [2.45, 2.75) is 6.92 Å². The molecule has 0 spiro atoms. The largest absolute Gasteiger partial charge is 0.497 e. The van der Waals surface area contributed by atoms with E-state index in [0.717, 1.165) is 28.3 Å². The number of hydrogen-bond acceptors (Lipinski definition) is 5. The molecule has 0 aliphatic rings. The summed E-state index contributed by atoms with van der Waals surface area (Å²) in [6.07, 6.45) is 1.76. The number of nitrogens with one attached hydrogen (secondary N) is 1. The van der Waals surface area contributed by atoms with Gasteiger partial charge in [-0.05, 0) is 78.7 Å². The number of hydrogen-bond donors (Lipinski definition) is 1.